The Kier molecular flexibility index (Phi) is 5.65. The van der Waals surface area contributed by atoms with E-state index in [9.17, 15) is 9.59 Å². The number of hydrogen-bond donors (Lipinski definition) is 2. The van der Waals surface area contributed by atoms with Gasteiger partial charge in [0.1, 0.15) is 5.88 Å². The van der Waals surface area contributed by atoms with Crippen molar-refractivity contribution in [3.63, 3.8) is 0 Å². The second-order valence-electron chi connectivity index (χ2n) is 4.66. The highest BCUT2D eigenvalue weighted by Crippen LogP contribution is 2.24. The number of carbonyl (C=O) groups is 2. The number of urea groups is 1. The van der Waals surface area contributed by atoms with Crippen molar-refractivity contribution >= 4 is 23.5 Å². The van der Waals surface area contributed by atoms with Crippen LogP contribution in [0.4, 0.5) is 4.79 Å². The molecule has 2 N–H and O–H groups in total. The summed E-state index contributed by atoms with van der Waals surface area (Å²) in [5.41, 5.74) is 0.129. The summed E-state index contributed by atoms with van der Waals surface area (Å²) in [5.74, 6) is -0.366. The molecular formula is C10H19ClN2O2. The van der Waals surface area contributed by atoms with Crippen LogP contribution < -0.4 is 10.6 Å². The standard InChI is InChI=1S/C10H19ClN2O2/c1-7(10(2,3)4)6-12-9(15)13-8(14)5-11/h7H,5-6H2,1-4H3,(H2,12,13,14,15). The number of hydrogen-bond acceptors (Lipinski definition) is 2. The summed E-state index contributed by atoms with van der Waals surface area (Å²) >= 11 is 5.24. The molecule has 5 heteroatoms. The Balaban J connectivity index is 3.86. The molecule has 0 aliphatic heterocycles. The van der Waals surface area contributed by atoms with Gasteiger partial charge in [-0.3, -0.25) is 10.1 Å². The van der Waals surface area contributed by atoms with E-state index in [4.69, 9.17) is 11.6 Å². The Hall–Kier alpha value is -0.770. The zero-order valence-electron chi connectivity index (χ0n) is 9.69. The molecule has 0 aromatic heterocycles. The molecule has 0 aliphatic carbocycles. The normalized spacial score (nSPS) is 13.1. The molecule has 4 nitrogen and oxygen atoms in total. The van der Waals surface area contributed by atoms with Crippen LogP contribution in [-0.4, -0.2) is 24.4 Å². The highest BCUT2D eigenvalue weighted by molar-refractivity contribution is 6.28. The van der Waals surface area contributed by atoms with Gasteiger partial charge < -0.3 is 5.32 Å². The van der Waals surface area contributed by atoms with Crippen molar-refractivity contribution in [3.05, 3.63) is 0 Å². The first kappa shape index (κ1) is 14.2. The van der Waals surface area contributed by atoms with Crippen molar-refractivity contribution in [1.82, 2.24) is 10.6 Å². The average molecular weight is 235 g/mol. The topological polar surface area (TPSA) is 58.2 Å². The van der Waals surface area contributed by atoms with Crippen LogP contribution >= 0.6 is 11.6 Å². The fourth-order valence-corrected chi connectivity index (χ4v) is 0.823. The minimum atomic E-state index is -0.489. The molecule has 15 heavy (non-hydrogen) atoms. The van der Waals surface area contributed by atoms with Crippen molar-refractivity contribution in [3.8, 4) is 0 Å². The van der Waals surface area contributed by atoms with Crippen molar-refractivity contribution < 1.29 is 9.59 Å². The lowest BCUT2D eigenvalue weighted by atomic mass is 9.82. The Morgan fingerprint density at radius 1 is 1.33 bits per heavy atom. The molecule has 0 aromatic carbocycles. The molecule has 0 spiro atoms. The second-order valence-corrected chi connectivity index (χ2v) is 4.93. The fraction of sp³-hybridized carbons (Fsp3) is 0.800. The summed E-state index contributed by atoms with van der Waals surface area (Å²) in [6.07, 6.45) is 0. The van der Waals surface area contributed by atoms with Crippen LogP contribution in [0.25, 0.3) is 0 Å². The van der Waals surface area contributed by atoms with Crippen LogP contribution in [0.15, 0.2) is 0 Å². The molecular weight excluding hydrogens is 216 g/mol. The number of alkyl halides is 1. The van der Waals surface area contributed by atoms with E-state index in [1.807, 2.05) is 6.92 Å². The summed E-state index contributed by atoms with van der Waals surface area (Å²) in [4.78, 5) is 21.9. The number of halogens is 1. The highest BCUT2D eigenvalue weighted by Gasteiger charge is 2.20. The minimum Gasteiger partial charge on any atom is -0.338 e. The van der Waals surface area contributed by atoms with Gasteiger partial charge in [-0.05, 0) is 11.3 Å². The molecule has 88 valence electrons. The fourth-order valence-electron chi connectivity index (χ4n) is 0.756. The highest BCUT2D eigenvalue weighted by atomic mass is 35.5. The molecule has 0 radical (unpaired) electrons. The van der Waals surface area contributed by atoms with Crippen molar-refractivity contribution in [1.29, 1.82) is 0 Å². The third-order valence-electron chi connectivity index (χ3n) is 2.42. The van der Waals surface area contributed by atoms with Crippen molar-refractivity contribution in [2.24, 2.45) is 11.3 Å². The average Bonchev–Trinajstić information content (AvgIpc) is 2.12. The predicted octanol–water partition coefficient (Wildman–Crippen LogP) is 1.73. The molecule has 0 saturated heterocycles. The monoisotopic (exact) mass is 234 g/mol. The van der Waals surface area contributed by atoms with Crippen molar-refractivity contribution in [2.45, 2.75) is 27.7 Å². The van der Waals surface area contributed by atoms with Crippen LogP contribution in [0.3, 0.4) is 0 Å². The van der Waals surface area contributed by atoms with Gasteiger partial charge in [0.2, 0.25) is 5.91 Å². The molecule has 0 rings (SSSR count). The minimum absolute atomic E-state index is 0.129. The maximum Gasteiger partial charge on any atom is 0.321 e. The van der Waals surface area contributed by atoms with E-state index in [1.54, 1.807) is 0 Å². The van der Waals surface area contributed by atoms with Crippen LogP contribution in [0, 0.1) is 11.3 Å². The molecule has 1 atom stereocenters. The second kappa shape index (κ2) is 5.95. The van der Waals surface area contributed by atoms with Gasteiger partial charge in [0.05, 0.1) is 0 Å². The van der Waals surface area contributed by atoms with Gasteiger partial charge in [0.15, 0.2) is 0 Å². The van der Waals surface area contributed by atoms with E-state index in [0.29, 0.717) is 12.5 Å². The van der Waals surface area contributed by atoms with Crippen molar-refractivity contribution in [2.75, 3.05) is 12.4 Å². The van der Waals surface area contributed by atoms with Gasteiger partial charge >= 0.3 is 6.03 Å². The maximum absolute atomic E-state index is 11.1. The number of nitrogens with one attached hydrogen (secondary N) is 2. The third-order valence-corrected chi connectivity index (χ3v) is 2.66. The number of imide groups is 1. The quantitative estimate of drug-likeness (QED) is 0.731. The van der Waals surface area contributed by atoms with Gasteiger partial charge in [-0.2, -0.15) is 0 Å². The van der Waals surface area contributed by atoms with Crippen LogP contribution in [0.1, 0.15) is 27.7 Å². The molecule has 0 bridgehead atoms. The SMILES string of the molecule is CC(CNC(=O)NC(=O)CCl)C(C)(C)C. The number of carbonyl (C=O) groups excluding carboxylic acids is 2. The van der Waals surface area contributed by atoms with E-state index < -0.39 is 11.9 Å². The van der Waals surface area contributed by atoms with Gasteiger partial charge in [0, 0.05) is 6.54 Å². The van der Waals surface area contributed by atoms with Crippen LogP contribution in [0.5, 0.6) is 0 Å². The van der Waals surface area contributed by atoms with Gasteiger partial charge in [-0.15, -0.1) is 11.6 Å². The van der Waals surface area contributed by atoms with E-state index in [1.165, 1.54) is 0 Å². The number of rotatable bonds is 3. The van der Waals surface area contributed by atoms with Gasteiger partial charge in [-0.25, -0.2) is 4.79 Å². The number of amides is 3. The third kappa shape index (κ3) is 6.33. The summed E-state index contributed by atoms with van der Waals surface area (Å²) in [6.45, 7) is 8.87. The van der Waals surface area contributed by atoms with E-state index >= 15 is 0 Å². The smallest absolute Gasteiger partial charge is 0.321 e. The first-order chi connectivity index (χ1) is 6.77. The Morgan fingerprint density at radius 3 is 2.27 bits per heavy atom. The summed E-state index contributed by atoms with van der Waals surface area (Å²) in [5, 5.41) is 4.74. The van der Waals surface area contributed by atoms with E-state index in [2.05, 4.69) is 31.4 Å². The Labute approximate surface area is 95.7 Å². The molecule has 3 amide bonds. The lowest BCUT2D eigenvalue weighted by molar-refractivity contribution is -0.117. The molecule has 0 aliphatic rings. The molecule has 1 unspecified atom stereocenters. The zero-order chi connectivity index (χ0) is 12.1. The molecule has 0 saturated carbocycles. The first-order valence-corrected chi connectivity index (χ1v) is 5.44. The summed E-state index contributed by atoms with van der Waals surface area (Å²) < 4.78 is 0. The van der Waals surface area contributed by atoms with E-state index in [0.717, 1.165) is 0 Å². The first-order valence-electron chi connectivity index (χ1n) is 4.91. The summed E-state index contributed by atoms with van der Waals surface area (Å²) in [7, 11) is 0. The predicted molar refractivity (Wildman–Crippen MR) is 60.9 cm³/mol. The van der Waals surface area contributed by atoms with Crippen LogP contribution in [-0.2, 0) is 4.79 Å². The Morgan fingerprint density at radius 2 is 1.87 bits per heavy atom. The van der Waals surface area contributed by atoms with Gasteiger partial charge in [-0.1, -0.05) is 27.7 Å². The van der Waals surface area contributed by atoms with Gasteiger partial charge in [0.25, 0.3) is 0 Å². The molecule has 0 fully saturated rings. The maximum atomic E-state index is 11.1. The lowest BCUT2D eigenvalue weighted by Crippen LogP contribution is -2.43. The summed E-state index contributed by atoms with van der Waals surface area (Å²) in [6, 6.07) is -0.489. The molecule has 0 aromatic rings. The van der Waals surface area contributed by atoms with E-state index in [-0.39, 0.29) is 11.3 Å². The zero-order valence-corrected chi connectivity index (χ0v) is 10.4. The van der Waals surface area contributed by atoms with Crippen LogP contribution in [0.2, 0.25) is 0 Å². The largest absolute Gasteiger partial charge is 0.338 e. The lowest BCUT2D eigenvalue weighted by Gasteiger charge is -2.27. The molecule has 0 heterocycles. The Bertz CT molecular complexity index is 236.